The van der Waals surface area contributed by atoms with Gasteiger partial charge in [0.15, 0.2) is 23.5 Å². The summed E-state index contributed by atoms with van der Waals surface area (Å²) in [5.74, 6) is -0.859. The zero-order chi connectivity index (χ0) is 22.9. The molecule has 0 aliphatic carbocycles. The Morgan fingerprint density at radius 1 is 1.39 bits per heavy atom. The number of alkyl carbamates (subject to hydrolysis) is 1. The van der Waals surface area contributed by atoms with Gasteiger partial charge in [0.05, 0.1) is 19.3 Å². The maximum atomic E-state index is 12.4. The second kappa shape index (κ2) is 8.61. The highest BCUT2D eigenvalue weighted by molar-refractivity contribution is 5.81. The fraction of sp³-hybridized carbons (Fsp3) is 0.611. The summed E-state index contributed by atoms with van der Waals surface area (Å²) in [4.78, 5) is 46.5. The van der Waals surface area contributed by atoms with Gasteiger partial charge >= 0.3 is 12.1 Å². The first-order valence-corrected chi connectivity index (χ1v) is 9.56. The number of H-pyrrole nitrogens is 1. The Labute approximate surface area is 176 Å². The Balaban J connectivity index is 1.72. The van der Waals surface area contributed by atoms with Gasteiger partial charge in [-0.2, -0.15) is 0 Å². The molecule has 3 rings (SSSR count). The van der Waals surface area contributed by atoms with Crippen LogP contribution in [0.1, 0.15) is 33.9 Å². The van der Waals surface area contributed by atoms with Gasteiger partial charge in [-0.3, -0.25) is 9.36 Å². The average molecular weight is 439 g/mol. The number of aromatic amines is 1. The van der Waals surface area contributed by atoms with E-state index in [9.17, 15) is 24.6 Å². The molecule has 1 aliphatic heterocycles. The van der Waals surface area contributed by atoms with Crippen molar-refractivity contribution in [3.8, 4) is 0 Å². The van der Waals surface area contributed by atoms with Crippen LogP contribution in [0.4, 0.5) is 4.79 Å². The van der Waals surface area contributed by atoms with E-state index in [0.29, 0.717) is 0 Å². The monoisotopic (exact) mass is 439 g/mol. The number of imidazole rings is 1. The number of carbonyl (C=O) groups is 2. The van der Waals surface area contributed by atoms with E-state index < -0.39 is 60.4 Å². The molecular formula is C18H25N5O8. The minimum absolute atomic E-state index is 0.0366. The Hall–Kier alpha value is -3.03. The van der Waals surface area contributed by atoms with Gasteiger partial charge < -0.3 is 34.7 Å². The molecule has 0 radical (unpaired) electrons. The smallest absolute Gasteiger partial charge is 0.408 e. The SMILES string of the molecule is C[C@H](NC(=O)OC(C)(C)C)C(=O)O[C@H]1[C@@H](O)[C@H](n2cnc3c(=O)[nH]cnc32)O[C@@H]1CO. The van der Waals surface area contributed by atoms with Crippen molar-refractivity contribution in [3.63, 3.8) is 0 Å². The van der Waals surface area contributed by atoms with Gasteiger partial charge in [-0.1, -0.05) is 0 Å². The van der Waals surface area contributed by atoms with Crippen molar-refractivity contribution in [2.45, 2.75) is 63.9 Å². The maximum Gasteiger partial charge on any atom is 0.408 e. The number of fused-ring (bicyclic) bond motifs is 1. The minimum Gasteiger partial charge on any atom is -0.455 e. The zero-order valence-electron chi connectivity index (χ0n) is 17.4. The van der Waals surface area contributed by atoms with Gasteiger partial charge in [0, 0.05) is 0 Å². The molecule has 1 fully saturated rings. The number of amides is 1. The van der Waals surface area contributed by atoms with Crippen LogP contribution in [0.25, 0.3) is 11.2 Å². The highest BCUT2D eigenvalue weighted by Crippen LogP contribution is 2.32. The van der Waals surface area contributed by atoms with Gasteiger partial charge in [0.1, 0.15) is 23.9 Å². The Morgan fingerprint density at radius 3 is 2.74 bits per heavy atom. The second-order valence-electron chi connectivity index (χ2n) is 8.06. The van der Waals surface area contributed by atoms with Crippen molar-refractivity contribution in [2.24, 2.45) is 0 Å². The summed E-state index contributed by atoms with van der Waals surface area (Å²) < 4.78 is 17.4. The minimum atomic E-state index is -1.41. The molecule has 0 spiro atoms. The highest BCUT2D eigenvalue weighted by atomic mass is 16.6. The molecule has 170 valence electrons. The number of hydrogen-bond donors (Lipinski definition) is 4. The average Bonchev–Trinajstić information content (AvgIpc) is 3.22. The van der Waals surface area contributed by atoms with Crippen LogP contribution in [0.3, 0.4) is 0 Å². The van der Waals surface area contributed by atoms with E-state index in [1.165, 1.54) is 24.1 Å². The van der Waals surface area contributed by atoms with Crippen LogP contribution in [-0.4, -0.2) is 78.4 Å². The van der Waals surface area contributed by atoms with Crippen LogP contribution in [0.2, 0.25) is 0 Å². The molecule has 1 amide bonds. The molecule has 4 N–H and O–H groups in total. The molecule has 0 saturated carbocycles. The molecule has 1 saturated heterocycles. The molecule has 0 aromatic carbocycles. The van der Waals surface area contributed by atoms with E-state index in [2.05, 4.69) is 20.3 Å². The number of ether oxygens (including phenoxy) is 3. The number of nitrogens with zero attached hydrogens (tertiary/aromatic N) is 3. The lowest BCUT2D eigenvalue weighted by molar-refractivity contribution is -0.158. The summed E-state index contributed by atoms with van der Waals surface area (Å²) in [5, 5.41) is 22.7. The molecule has 3 heterocycles. The zero-order valence-corrected chi connectivity index (χ0v) is 17.4. The first-order chi connectivity index (χ1) is 14.5. The van der Waals surface area contributed by atoms with E-state index in [-0.39, 0.29) is 11.2 Å². The predicted octanol–water partition coefficient (Wildman–Crippen LogP) is -0.805. The number of hydrogen-bond acceptors (Lipinski definition) is 10. The molecule has 0 unspecified atom stereocenters. The summed E-state index contributed by atoms with van der Waals surface area (Å²) in [6, 6.07) is -1.09. The van der Waals surface area contributed by atoms with Crippen molar-refractivity contribution in [1.29, 1.82) is 0 Å². The summed E-state index contributed by atoms with van der Waals surface area (Å²) in [6.45, 7) is 5.86. The van der Waals surface area contributed by atoms with E-state index in [1.807, 2.05) is 0 Å². The fourth-order valence-corrected chi connectivity index (χ4v) is 3.07. The number of nitrogens with one attached hydrogen (secondary N) is 2. The number of aliphatic hydroxyl groups excluding tert-OH is 2. The lowest BCUT2D eigenvalue weighted by Gasteiger charge is -2.24. The lowest BCUT2D eigenvalue weighted by atomic mass is 10.1. The first kappa shape index (κ1) is 22.7. The van der Waals surface area contributed by atoms with Gasteiger partial charge in [0.25, 0.3) is 5.56 Å². The molecule has 13 heteroatoms. The largest absolute Gasteiger partial charge is 0.455 e. The summed E-state index contributed by atoms with van der Waals surface area (Å²) in [6.07, 6.45) is -3.21. The number of esters is 1. The predicted molar refractivity (Wildman–Crippen MR) is 104 cm³/mol. The van der Waals surface area contributed by atoms with Crippen molar-refractivity contribution in [2.75, 3.05) is 6.61 Å². The van der Waals surface area contributed by atoms with Gasteiger partial charge in [-0.25, -0.2) is 19.6 Å². The summed E-state index contributed by atoms with van der Waals surface area (Å²) in [5.41, 5.74) is -1.03. The molecule has 2 aromatic rings. The molecule has 31 heavy (non-hydrogen) atoms. The van der Waals surface area contributed by atoms with Gasteiger partial charge in [-0.05, 0) is 27.7 Å². The van der Waals surface area contributed by atoms with E-state index >= 15 is 0 Å². The van der Waals surface area contributed by atoms with E-state index in [4.69, 9.17) is 14.2 Å². The number of aromatic nitrogens is 4. The van der Waals surface area contributed by atoms with E-state index in [0.717, 1.165) is 0 Å². The molecule has 0 bridgehead atoms. The Morgan fingerprint density at radius 2 is 2.10 bits per heavy atom. The second-order valence-corrected chi connectivity index (χ2v) is 8.06. The maximum absolute atomic E-state index is 12.4. The van der Waals surface area contributed by atoms with Crippen LogP contribution in [-0.2, 0) is 19.0 Å². The van der Waals surface area contributed by atoms with Gasteiger partial charge in [-0.15, -0.1) is 0 Å². The number of aliphatic hydroxyl groups is 2. The fourth-order valence-electron chi connectivity index (χ4n) is 3.07. The Kier molecular flexibility index (Phi) is 6.29. The number of rotatable bonds is 5. The third-order valence-corrected chi connectivity index (χ3v) is 4.47. The van der Waals surface area contributed by atoms with Crippen LogP contribution in [0.5, 0.6) is 0 Å². The van der Waals surface area contributed by atoms with Gasteiger partial charge in [0.2, 0.25) is 0 Å². The van der Waals surface area contributed by atoms with Crippen LogP contribution < -0.4 is 10.9 Å². The third-order valence-electron chi connectivity index (χ3n) is 4.47. The van der Waals surface area contributed by atoms with Crippen LogP contribution in [0, 0.1) is 0 Å². The standard InChI is InChI=1S/C18H25N5O8/c1-8(22-17(28)31-18(2,3)4)16(27)30-12-9(5-24)29-15(11(12)25)23-7-21-10-13(23)19-6-20-14(10)26/h6-9,11-12,15,24-25H,5H2,1-4H3,(H,22,28)(H,19,20,26)/t8-,9+,11+,12+,15+/m0/s1. The van der Waals surface area contributed by atoms with E-state index in [1.54, 1.807) is 20.8 Å². The normalized spacial score (nSPS) is 24.7. The first-order valence-electron chi connectivity index (χ1n) is 9.56. The molecule has 1 aliphatic rings. The summed E-state index contributed by atoms with van der Waals surface area (Å²) in [7, 11) is 0. The third kappa shape index (κ3) is 4.84. The lowest BCUT2D eigenvalue weighted by Crippen LogP contribution is -2.46. The highest BCUT2D eigenvalue weighted by Gasteiger charge is 2.48. The molecule has 13 nitrogen and oxygen atoms in total. The molecule has 5 atom stereocenters. The summed E-state index contributed by atoms with van der Waals surface area (Å²) >= 11 is 0. The van der Waals surface area contributed by atoms with Crippen LogP contribution in [0.15, 0.2) is 17.4 Å². The Bertz CT molecular complexity index is 1010. The molecular weight excluding hydrogens is 414 g/mol. The quantitative estimate of drug-likeness (QED) is 0.431. The van der Waals surface area contributed by atoms with Crippen molar-refractivity contribution < 1.29 is 34.0 Å². The van der Waals surface area contributed by atoms with Crippen molar-refractivity contribution in [1.82, 2.24) is 24.8 Å². The van der Waals surface area contributed by atoms with Crippen molar-refractivity contribution >= 4 is 23.2 Å². The topological polar surface area (TPSA) is 178 Å². The van der Waals surface area contributed by atoms with Crippen molar-refractivity contribution in [3.05, 3.63) is 23.0 Å². The van der Waals surface area contributed by atoms with Crippen LogP contribution >= 0.6 is 0 Å². The number of carbonyl (C=O) groups excluding carboxylic acids is 2. The molecule has 2 aromatic heterocycles.